The van der Waals surface area contributed by atoms with Crippen molar-refractivity contribution >= 4 is 0 Å². The molecule has 0 amide bonds. The summed E-state index contributed by atoms with van der Waals surface area (Å²) in [6, 6.07) is 4.52. The van der Waals surface area contributed by atoms with E-state index in [2.05, 4.69) is 62.5 Å². The molecule has 0 saturated heterocycles. The van der Waals surface area contributed by atoms with Crippen molar-refractivity contribution in [2.24, 2.45) is 5.92 Å². The maximum Gasteiger partial charge on any atom is 0.259 e. The lowest BCUT2D eigenvalue weighted by Gasteiger charge is -2.10. The third-order valence-corrected chi connectivity index (χ3v) is 3.60. The molecule has 1 heterocycles. The van der Waals surface area contributed by atoms with Crippen LogP contribution in [0.4, 0.5) is 0 Å². The lowest BCUT2D eigenvalue weighted by molar-refractivity contribution is -0.603. The number of hydrogen-bond acceptors (Lipinski definition) is 0. The first-order chi connectivity index (χ1) is 8.99. The van der Waals surface area contributed by atoms with Gasteiger partial charge in [-0.1, -0.05) is 31.5 Å². The summed E-state index contributed by atoms with van der Waals surface area (Å²) < 4.78 is 2.31. The average molecular weight is 257 g/mol. The maximum atomic E-state index is 3.39. The molecule has 0 aliphatic rings. The molecular weight excluding hydrogens is 232 g/mol. The first-order valence-corrected chi connectivity index (χ1v) is 7.15. The number of imidazole rings is 1. The smallest absolute Gasteiger partial charge is 0.247 e. The number of aromatic amines is 1. The minimum atomic E-state index is 0.733. The van der Waals surface area contributed by atoms with E-state index in [9.17, 15) is 0 Å². The Balaban J connectivity index is 2.40. The van der Waals surface area contributed by atoms with Gasteiger partial charge in [0.15, 0.2) is 0 Å². The van der Waals surface area contributed by atoms with Gasteiger partial charge in [-0.05, 0) is 44.2 Å². The van der Waals surface area contributed by atoms with E-state index < -0.39 is 0 Å². The predicted molar refractivity (Wildman–Crippen MR) is 79.7 cm³/mol. The number of aromatic nitrogens is 2. The second-order valence-corrected chi connectivity index (χ2v) is 5.96. The minimum Gasteiger partial charge on any atom is -0.247 e. The maximum absolute atomic E-state index is 3.39. The van der Waals surface area contributed by atoms with Crippen molar-refractivity contribution in [3.8, 4) is 5.69 Å². The molecule has 0 bridgehead atoms. The van der Waals surface area contributed by atoms with Crippen LogP contribution in [-0.2, 0) is 6.42 Å². The summed E-state index contributed by atoms with van der Waals surface area (Å²) in [5.74, 6) is 2.03. The van der Waals surface area contributed by atoms with E-state index in [4.69, 9.17) is 0 Å². The molecule has 1 N–H and O–H groups in total. The van der Waals surface area contributed by atoms with Crippen molar-refractivity contribution in [1.29, 1.82) is 0 Å². The zero-order chi connectivity index (χ0) is 14.0. The van der Waals surface area contributed by atoms with E-state index in [1.54, 1.807) is 0 Å². The fourth-order valence-corrected chi connectivity index (χ4v) is 2.75. The Kier molecular flexibility index (Phi) is 4.08. The first kappa shape index (κ1) is 13.9. The summed E-state index contributed by atoms with van der Waals surface area (Å²) in [5, 5.41) is 0. The SMILES string of the molecule is Cc1cc(C)c(-[n+]2cc[nH]c2CCC(C)C)c(C)c1. The van der Waals surface area contributed by atoms with Crippen LogP contribution in [0, 0.1) is 26.7 Å². The van der Waals surface area contributed by atoms with Crippen LogP contribution in [0.5, 0.6) is 0 Å². The van der Waals surface area contributed by atoms with Gasteiger partial charge in [-0.3, -0.25) is 0 Å². The van der Waals surface area contributed by atoms with Crippen LogP contribution in [0.25, 0.3) is 5.69 Å². The van der Waals surface area contributed by atoms with Gasteiger partial charge in [0.2, 0.25) is 0 Å². The van der Waals surface area contributed by atoms with Crippen molar-refractivity contribution in [2.45, 2.75) is 47.5 Å². The highest BCUT2D eigenvalue weighted by molar-refractivity contribution is 5.43. The van der Waals surface area contributed by atoms with Gasteiger partial charge in [0.25, 0.3) is 5.82 Å². The fourth-order valence-electron chi connectivity index (χ4n) is 2.75. The van der Waals surface area contributed by atoms with Crippen LogP contribution in [0.1, 0.15) is 42.8 Å². The van der Waals surface area contributed by atoms with E-state index in [1.807, 2.05) is 6.20 Å². The molecule has 0 radical (unpaired) electrons. The standard InChI is InChI=1S/C17H24N2/c1-12(2)6-7-16-18-8-9-19(16)17-14(4)10-13(3)11-15(17)5/h8-12H,6-7H2,1-5H3/p+1. The summed E-state index contributed by atoms with van der Waals surface area (Å²) in [6.45, 7) is 11.1. The third kappa shape index (κ3) is 3.06. The molecular formula is C17H25N2+. The van der Waals surface area contributed by atoms with Gasteiger partial charge in [-0.25, -0.2) is 4.98 Å². The van der Waals surface area contributed by atoms with Gasteiger partial charge >= 0.3 is 0 Å². The van der Waals surface area contributed by atoms with Crippen LogP contribution in [-0.4, -0.2) is 4.98 Å². The van der Waals surface area contributed by atoms with Gasteiger partial charge in [0.05, 0.1) is 0 Å². The lowest BCUT2D eigenvalue weighted by Crippen LogP contribution is -2.35. The molecule has 0 spiro atoms. The topological polar surface area (TPSA) is 19.7 Å². The number of H-pyrrole nitrogens is 1. The first-order valence-electron chi connectivity index (χ1n) is 7.15. The lowest BCUT2D eigenvalue weighted by atomic mass is 10.0. The van der Waals surface area contributed by atoms with E-state index in [0.717, 1.165) is 12.3 Å². The summed E-state index contributed by atoms with van der Waals surface area (Å²) in [7, 11) is 0. The highest BCUT2D eigenvalue weighted by Gasteiger charge is 2.17. The Morgan fingerprint density at radius 3 is 2.32 bits per heavy atom. The highest BCUT2D eigenvalue weighted by Crippen LogP contribution is 2.17. The number of nitrogens with zero attached hydrogens (tertiary/aromatic N) is 1. The minimum absolute atomic E-state index is 0.733. The molecule has 2 aromatic rings. The van der Waals surface area contributed by atoms with Crippen molar-refractivity contribution in [2.75, 3.05) is 0 Å². The van der Waals surface area contributed by atoms with Crippen molar-refractivity contribution in [3.05, 3.63) is 47.0 Å². The summed E-state index contributed by atoms with van der Waals surface area (Å²) >= 11 is 0. The van der Waals surface area contributed by atoms with Gasteiger partial charge in [-0.15, -0.1) is 0 Å². The molecule has 0 aliphatic carbocycles. The van der Waals surface area contributed by atoms with Crippen molar-refractivity contribution < 1.29 is 4.57 Å². The highest BCUT2D eigenvalue weighted by atomic mass is 15.1. The quantitative estimate of drug-likeness (QED) is 0.804. The zero-order valence-corrected chi connectivity index (χ0v) is 12.7. The monoisotopic (exact) mass is 257 g/mol. The number of hydrogen-bond donors (Lipinski definition) is 1. The van der Waals surface area contributed by atoms with Crippen LogP contribution in [0.2, 0.25) is 0 Å². The van der Waals surface area contributed by atoms with Crippen LogP contribution < -0.4 is 4.57 Å². The number of nitrogens with one attached hydrogen (secondary N) is 1. The molecule has 19 heavy (non-hydrogen) atoms. The Morgan fingerprint density at radius 2 is 1.74 bits per heavy atom. The number of benzene rings is 1. The molecule has 0 unspecified atom stereocenters. The Labute approximate surface area is 116 Å². The van der Waals surface area contributed by atoms with E-state index in [0.29, 0.717) is 0 Å². The average Bonchev–Trinajstić information content (AvgIpc) is 2.73. The Morgan fingerprint density at radius 1 is 1.11 bits per heavy atom. The molecule has 0 saturated carbocycles. The molecule has 1 aromatic carbocycles. The van der Waals surface area contributed by atoms with E-state index in [-0.39, 0.29) is 0 Å². The zero-order valence-electron chi connectivity index (χ0n) is 12.7. The van der Waals surface area contributed by atoms with Gasteiger partial charge in [0, 0.05) is 6.42 Å². The van der Waals surface area contributed by atoms with Crippen molar-refractivity contribution in [3.63, 3.8) is 0 Å². The van der Waals surface area contributed by atoms with Gasteiger partial charge in [-0.2, -0.15) is 4.57 Å². The molecule has 102 valence electrons. The molecule has 0 atom stereocenters. The summed E-state index contributed by atoms with van der Waals surface area (Å²) in [4.78, 5) is 3.39. The summed E-state index contributed by atoms with van der Waals surface area (Å²) in [6.07, 6.45) is 6.48. The Hall–Kier alpha value is -1.57. The summed E-state index contributed by atoms with van der Waals surface area (Å²) in [5.41, 5.74) is 5.34. The molecule has 2 nitrogen and oxygen atoms in total. The van der Waals surface area contributed by atoms with Crippen LogP contribution >= 0.6 is 0 Å². The van der Waals surface area contributed by atoms with Crippen LogP contribution in [0.15, 0.2) is 24.5 Å². The molecule has 0 fully saturated rings. The van der Waals surface area contributed by atoms with Crippen molar-refractivity contribution in [1.82, 2.24) is 4.98 Å². The number of aryl methyl sites for hydroxylation is 4. The van der Waals surface area contributed by atoms with Crippen LogP contribution in [0.3, 0.4) is 0 Å². The largest absolute Gasteiger partial charge is 0.259 e. The molecule has 0 aliphatic heterocycles. The normalized spacial score (nSPS) is 11.3. The second-order valence-electron chi connectivity index (χ2n) is 5.96. The second kappa shape index (κ2) is 5.60. The third-order valence-electron chi connectivity index (χ3n) is 3.60. The molecule has 2 rings (SSSR count). The predicted octanol–water partition coefficient (Wildman–Crippen LogP) is 3.81. The van der Waals surface area contributed by atoms with E-state index >= 15 is 0 Å². The Bertz CT molecular complexity index is 541. The molecule has 2 heteroatoms. The van der Waals surface area contributed by atoms with Gasteiger partial charge in [0.1, 0.15) is 18.1 Å². The van der Waals surface area contributed by atoms with E-state index in [1.165, 1.54) is 34.6 Å². The number of rotatable bonds is 4. The van der Waals surface area contributed by atoms with Gasteiger partial charge < -0.3 is 0 Å². The molecule has 1 aromatic heterocycles. The fraction of sp³-hybridized carbons (Fsp3) is 0.471.